The zero-order valence-electron chi connectivity index (χ0n) is 7.26. The summed E-state index contributed by atoms with van der Waals surface area (Å²) >= 11 is 3.38. The second kappa shape index (κ2) is 5.15. The molecule has 0 spiro atoms. The van der Waals surface area contributed by atoms with Crippen molar-refractivity contribution in [3.63, 3.8) is 0 Å². The highest BCUT2D eigenvalue weighted by Crippen LogP contribution is 2.05. The van der Waals surface area contributed by atoms with E-state index in [9.17, 15) is 0 Å². The predicted molar refractivity (Wildman–Crippen MR) is 58.6 cm³/mol. The van der Waals surface area contributed by atoms with Crippen LogP contribution >= 0.6 is 15.9 Å². The Hall–Kier alpha value is -0.560. The summed E-state index contributed by atoms with van der Waals surface area (Å²) in [5.74, 6) is 0. The molecule has 12 heavy (non-hydrogen) atoms. The standard InChI is InChI=1S/C11H13Br/c1-10-5-7-11(8-6-10)4-2-3-9-12/h2,4-8H,3,9H2,1H3/b4-2+. The molecule has 0 nitrogen and oxygen atoms in total. The van der Waals surface area contributed by atoms with Crippen LogP contribution in [0, 0.1) is 6.92 Å². The van der Waals surface area contributed by atoms with Gasteiger partial charge in [-0.1, -0.05) is 57.9 Å². The summed E-state index contributed by atoms with van der Waals surface area (Å²) in [5, 5.41) is 1.04. The van der Waals surface area contributed by atoms with E-state index < -0.39 is 0 Å². The molecule has 0 aliphatic rings. The molecule has 0 aliphatic carbocycles. The third-order valence-electron chi connectivity index (χ3n) is 1.66. The molecular formula is C11H13Br. The van der Waals surface area contributed by atoms with Gasteiger partial charge in [-0.15, -0.1) is 0 Å². The number of hydrogen-bond donors (Lipinski definition) is 0. The Morgan fingerprint density at radius 3 is 2.50 bits per heavy atom. The van der Waals surface area contributed by atoms with E-state index in [2.05, 4.69) is 59.3 Å². The van der Waals surface area contributed by atoms with Crippen LogP contribution in [0.3, 0.4) is 0 Å². The Labute approximate surface area is 82.4 Å². The second-order valence-corrected chi connectivity index (χ2v) is 3.58. The lowest BCUT2D eigenvalue weighted by molar-refractivity contribution is 1.27. The zero-order valence-corrected chi connectivity index (χ0v) is 8.84. The fraction of sp³-hybridized carbons (Fsp3) is 0.273. The smallest absolute Gasteiger partial charge is 0.00660 e. The van der Waals surface area contributed by atoms with Crippen LogP contribution in [-0.2, 0) is 0 Å². The number of alkyl halides is 1. The van der Waals surface area contributed by atoms with Crippen molar-refractivity contribution in [3.05, 3.63) is 41.5 Å². The van der Waals surface area contributed by atoms with Crippen LogP contribution in [0.2, 0.25) is 0 Å². The Balaban J connectivity index is 2.58. The van der Waals surface area contributed by atoms with Crippen LogP contribution in [0.25, 0.3) is 6.08 Å². The van der Waals surface area contributed by atoms with Crippen LogP contribution < -0.4 is 0 Å². The van der Waals surface area contributed by atoms with E-state index in [0.29, 0.717) is 0 Å². The summed E-state index contributed by atoms with van der Waals surface area (Å²) < 4.78 is 0. The summed E-state index contributed by atoms with van der Waals surface area (Å²) in [6.07, 6.45) is 5.42. The molecule has 0 heterocycles. The van der Waals surface area contributed by atoms with Gasteiger partial charge >= 0.3 is 0 Å². The second-order valence-electron chi connectivity index (χ2n) is 2.79. The molecule has 0 bridgehead atoms. The molecule has 0 radical (unpaired) electrons. The van der Waals surface area contributed by atoms with Gasteiger partial charge in [0.05, 0.1) is 0 Å². The first-order chi connectivity index (χ1) is 5.83. The topological polar surface area (TPSA) is 0 Å². The molecule has 0 amide bonds. The lowest BCUT2D eigenvalue weighted by Gasteiger charge is -1.93. The van der Waals surface area contributed by atoms with Crippen molar-refractivity contribution in [2.45, 2.75) is 13.3 Å². The van der Waals surface area contributed by atoms with E-state index in [1.165, 1.54) is 11.1 Å². The maximum atomic E-state index is 3.38. The average Bonchev–Trinajstić information content (AvgIpc) is 2.09. The van der Waals surface area contributed by atoms with Crippen LogP contribution in [0.5, 0.6) is 0 Å². The molecule has 64 valence electrons. The predicted octanol–water partition coefficient (Wildman–Crippen LogP) is 3.79. The highest BCUT2D eigenvalue weighted by atomic mass is 79.9. The third-order valence-corrected chi connectivity index (χ3v) is 2.12. The third kappa shape index (κ3) is 3.22. The summed E-state index contributed by atoms with van der Waals surface area (Å²) in [6, 6.07) is 8.54. The molecule has 0 aliphatic heterocycles. The molecular weight excluding hydrogens is 212 g/mol. The molecule has 1 heteroatoms. The van der Waals surface area contributed by atoms with Crippen molar-refractivity contribution in [2.75, 3.05) is 5.33 Å². The minimum atomic E-state index is 1.04. The van der Waals surface area contributed by atoms with Gasteiger partial charge < -0.3 is 0 Å². The Morgan fingerprint density at radius 1 is 1.25 bits per heavy atom. The molecule has 1 aromatic rings. The van der Waals surface area contributed by atoms with Gasteiger partial charge in [0.2, 0.25) is 0 Å². The molecule has 0 atom stereocenters. The van der Waals surface area contributed by atoms with Crippen molar-refractivity contribution in [1.82, 2.24) is 0 Å². The molecule has 0 saturated heterocycles. The first kappa shape index (κ1) is 9.53. The fourth-order valence-corrected chi connectivity index (χ4v) is 1.22. The van der Waals surface area contributed by atoms with E-state index in [1.54, 1.807) is 0 Å². The average molecular weight is 225 g/mol. The number of hydrogen-bond acceptors (Lipinski definition) is 0. The molecule has 0 fully saturated rings. The number of aryl methyl sites for hydroxylation is 1. The van der Waals surface area contributed by atoms with Gasteiger partial charge in [0.25, 0.3) is 0 Å². The van der Waals surface area contributed by atoms with Crippen LogP contribution in [0.15, 0.2) is 30.3 Å². The van der Waals surface area contributed by atoms with Crippen molar-refractivity contribution < 1.29 is 0 Å². The minimum absolute atomic E-state index is 1.04. The SMILES string of the molecule is Cc1ccc(/C=C/CCBr)cc1. The van der Waals surface area contributed by atoms with Crippen LogP contribution in [0.1, 0.15) is 17.5 Å². The zero-order chi connectivity index (χ0) is 8.81. The van der Waals surface area contributed by atoms with E-state index >= 15 is 0 Å². The Morgan fingerprint density at radius 2 is 1.92 bits per heavy atom. The van der Waals surface area contributed by atoms with Gasteiger partial charge in [-0.3, -0.25) is 0 Å². The normalized spacial score (nSPS) is 10.8. The molecule has 1 aromatic carbocycles. The maximum absolute atomic E-state index is 3.38. The number of halogens is 1. The highest BCUT2D eigenvalue weighted by molar-refractivity contribution is 9.09. The van der Waals surface area contributed by atoms with Gasteiger partial charge in [0.1, 0.15) is 0 Å². The Bertz CT molecular complexity index is 246. The summed E-state index contributed by atoms with van der Waals surface area (Å²) in [4.78, 5) is 0. The first-order valence-electron chi connectivity index (χ1n) is 4.12. The van der Waals surface area contributed by atoms with Crippen LogP contribution in [0.4, 0.5) is 0 Å². The van der Waals surface area contributed by atoms with E-state index in [1.807, 2.05) is 0 Å². The minimum Gasteiger partial charge on any atom is -0.0925 e. The molecule has 0 N–H and O–H groups in total. The quantitative estimate of drug-likeness (QED) is 0.686. The highest BCUT2D eigenvalue weighted by Gasteiger charge is 1.84. The van der Waals surface area contributed by atoms with E-state index in [0.717, 1.165) is 11.8 Å². The summed E-state index contributed by atoms with van der Waals surface area (Å²) in [7, 11) is 0. The van der Waals surface area contributed by atoms with Crippen molar-refractivity contribution in [2.24, 2.45) is 0 Å². The Kier molecular flexibility index (Phi) is 4.09. The van der Waals surface area contributed by atoms with Crippen molar-refractivity contribution >= 4 is 22.0 Å². The monoisotopic (exact) mass is 224 g/mol. The van der Waals surface area contributed by atoms with Gasteiger partial charge in [0.15, 0.2) is 0 Å². The largest absolute Gasteiger partial charge is 0.0925 e. The lowest BCUT2D eigenvalue weighted by atomic mass is 10.1. The van der Waals surface area contributed by atoms with Gasteiger partial charge in [-0.25, -0.2) is 0 Å². The van der Waals surface area contributed by atoms with Gasteiger partial charge in [-0.05, 0) is 18.9 Å². The van der Waals surface area contributed by atoms with Gasteiger partial charge in [0, 0.05) is 5.33 Å². The number of rotatable bonds is 3. The maximum Gasteiger partial charge on any atom is 0.00660 e. The molecule has 0 aromatic heterocycles. The summed E-state index contributed by atoms with van der Waals surface area (Å²) in [5.41, 5.74) is 2.59. The first-order valence-corrected chi connectivity index (χ1v) is 5.24. The van der Waals surface area contributed by atoms with Crippen molar-refractivity contribution in [3.8, 4) is 0 Å². The van der Waals surface area contributed by atoms with Gasteiger partial charge in [-0.2, -0.15) is 0 Å². The fourth-order valence-electron chi connectivity index (χ4n) is 0.960. The number of allylic oxidation sites excluding steroid dienone is 1. The molecule has 1 rings (SSSR count). The molecule has 0 saturated carbocycles. The van der Waals surface area contributed by atoms with Crippen molar-refractivity contribution in [1.29, 1.82) is 0 Å². The lowest BCUT2D eigenvalue weighted by Crippen LogP contribution is -1.73. The molecule has 0 unspecified atom stereocenters. The van der Waals surface area contributed by atoms with Crippen LogP contribution in [-0.4, -0.2) is 5.33 Å². The van der Waals surface area contributed by atoms with E-state index in [4.69, 9.17) is 0 Å². The van der Waals surface area contributed by atoms with E-state index in [-0.39, 0.29) is 0 Å². The summed E-state index contributed by atoms with van der Waals surface area (Å²) in [6.45, 7) is 2.10. The number of benzene rings is 1.